The molecule has 3 aromatic rings. The van der Waals surface area contributed by atoms with Gasteiger partial charge in [0.05, 0.1) is 29.5 Å². The zero-order valence-electron chi connectivity index (χ0n) is 15.8. The van der Waals surface area contributed by atoms with Gasteiger partial charge in [-0.05, 0) is 68.7 Å². The topological polar surface area (TPSA) is 64.1 Å². The number of hydrogen-bond donors (Lipinski definition) is 1. The van der Waals surface area contributed by atoms with E-state index < -0.39 is 0 Å². The molecule has 0 aliphatic carbocycles. The summed E-state index contributed by atoms with van der Waals surface area (Å²) < 4.78 is 5.33. The van der Waals surface area contributed by atoms with Crippen molar-refractivity contribution in [3.63, 3.8) is 0 Å². The van der Waals surface area contributed by atoms with Crippen molar-refractivity contribution in [3.05, 3.63) is 64.0 Å². The molecule has 0 saturated carbocycles. The van der Waals surface area contributed by atoms with Gasteiger partial charge in [-0.1, -0.05) is 6.07 Å². The van der Waals surface area contributed by atoms with Crippen LogP contribution in [0.5, 0.6) is 5.75 Å². The van der Waals surface area contributed by atoms with Crippen LogP contribution in [0, 0.1) is 27.7 Å². The summed E-state index contributed by atoms with van der Waals surface area (Å²) in [5, 5.41) is 2.98. The van der Waals surface area contributed by atoms with Crippen molar-refractivity contribution < 1.29 is 9.53 Å². The van der Waals surface area contributed by atoms with Crippen LogP contribution in [0.15, 0.2) is 30.3 Å². The lowest BCUT2D eigenvalue weighted by Crippen LogP contribution is -2.23. The predicted octanol–water partition coefficient (Wildman–Crippen LogP) is 3.80. The van der Waals surface area contributed by atoms with E-state index in [1.165, 1.54) is 0 Å². The lowest BCUT2D eigenvalue weighted by molar-refractivity contribution is 0.0951. The van der Waals surface area contributed by atoms with Crippen molar-refractivity contribution in [1.82, 2.24) is 15.3 Å². The summed E-state index contributed by atoms with van der Waals surface area (Å²) in [7, 11) is 1.66. The Labute approximate surface area is 153 Å². The van der Waals surface area contributed by atoms with Gasteiger partial charge in [0, 0.05) is 12.1 Å². The van der Waals surface area contributed by atoms with Crippen LogP contribution in [0.25, 0.3) is 11.0 Å². The number of carbonyl (C=O) groups is 1. The number of benzene rings is 2. The van der Waals surface area contributed by atoms with E-state index in [1.807, 2.05) is 45.9 Å². The van der Waals surface area contributed by atoms with E-state index in [0.29, 0.717) is 12.1 Å². The van der Waals surface area contributed by atoms with Gasteiger partial charge in [0.15, 0.2) is 0 Å². The Bertz CT molecular complexity index is 996. The summed E-state index contributed by atoms with van der Waals surface area (Å²) in [6.45, 7) is 8.33. The summed E-state index contributed by atoms with van der Waals surface area (Å²) in [5.41, 5.74) is 7.10. The molecule has 0 fully saturated rings. The maximum atomic E-state index is 12.5. The number of amides is 1. The van der Waals surface area contributed by atoms with Crippen molar-refractivity contribution in [2.24, 2.45) is 0 Å². The third kappa shape index (κ3) is 3.52. The molecule has 134 valence electrons. The third-order valence-electron chi connectivity index (χ3n) is 4.63. The fourth-order valence-corrected chi connectivity index (χ4v) is 2.91. The Kier molecular flexibility index (Phi) is 4.89. The highest BCUT2D eigenvalue weighted by Crippen LogP contribution is 2.22. The van der Waals surface area contributed by atoms with Crippen LogP contribution in [0.4, 0.5) is 0 Å². The minimum absolute atomic E-state index is 0.125. The Morgan fingerprint density at radius 2 is 1.65 bits per heavy atom. The zero-order chi connectivity index (χ0) is 18.8. The summed E-state index contributed by atoms with van der Waals surface area (Å²) in [6.07, 6.45) is 0. The van der Waals surface area contributed by atoms with Crippen molar-refractivity contribution >= 4 is 16.9 Å². The smallest absolute Gasteiger partial charge is 0.251 e. The molecule has 5 heteroatoms. The van der Waals surface area contributed by atoms with E-state index in [4.69, 9.17) is 4.74 Å². The average molecular weight is 349 g/mol. The number of fused-ring (bicyclic) bond motifs is 1. The largest absolute Gasteiger partial charge is 0.496 e. The molecule has 0 spiro atoms. The van der Waals surface area contributed by atoms with Gasteiger partial charge in [-0.3, -0.25) is 4.79 Å². The molecule has 0 aliphatic rings. The van der Waals surface area contributed by atoms with E-state index in [9.17, 15) is 4.79 Å². The van der Waals surface area contributed by atoms with Crippen LogP contribution in [0.2, 0.25) is 0 Å². The van der Waals surface area contributed by atoms with Gasteiger partial charge in [-0.2, -0.15) is 0 Å². The van der Waals surface area contributed by atoms with E-state index in [-0.39, 0.29) is 5.91 Å². The number of carbonyl (C=O) groups excluding carboxylic acids is 1. The first-order valence-corrected chi connectivity index (χ1v) is 8.56. The van der Waals surface area contributed by atoms with Crippen LogP contribution in [0.1, 0.15) is 38.4 Å². The molecule has 0 bridgehead atoms. The first kappa shape index (κ1) is 17.9. The Balaban J connectivity index is 1.79. The Morgan fingerprint density at radius 1 is 0.962 bits per heavy atom. The maximum Gasteiger partial charge on any atom is 0.251 e. The van der Waals surface area contributed by atoms with Crippen LogP contribution in [0.3, 0.4) is 0 Å². The second-order valence-electron chi connectivity index (χ2n) is 6.53. The van der Waals surface area contributed by atoms with Gasteiger partial charge in [-0.15, -0.1) is 0 Å². The van der Waals surface area contributed by atoms with Crippen molar-refractivity contribution in [3.8, 4) is 5.75 Å². The summed E-state index contributed by atoms with van der Waals surface area (Å²) >= 11 is 0. The molecule has 1 amide bonds. The number of aromatic nitrogens is 2. The highest BCUT2D eigenvalue weighted by atomic mass is 16.5. The number of rotatable bonds is 4. The minimum atomic E-state index is -0.125. The molecule has 0 unspecified atom stereocenters. The third-order valence-corrected chi connectivity index (χ3v) is 4.63. The molecule has 1 N–H and O–H groups in total. The fraction of sp³-hybridized carbons (Fsp3) is 0.286. The average Bonchev–Trinajstić information content (AvgIpc) is 2.62. The summed E-state index contributed by atoms with van der Waals surface area (Å²) in [4.78, 5) is 21.6. The van der Waals surface area contributed by atoms with E-state index >= 15 is 0 Å². The standard InChI is InChI=1S/C21H23N3O2/c1-12-9-20(26-5)13(2)8-17(12)11-22-21(25)16-6-7-18-19(10-16)24-15(4)14(3)23-18/h6-10H,11H2,1-5H3,(H,22,25). The van der Waals surface area contributed by atoms with Crippen molar-refractivity contribution in [2.45, 2.75) is 34.2 Å². The van der Waals surface area contributed by atoms with Crippen LogP contribution >= 0.6 is 0 Å². The molecule has 1 aromatic heterocycles. The van der Waals surface area contributed by atoms with Crippen molar-refractivity contribution in [1.29, 1.82) is 0 Å². The maximum absolute atomic E-state index is 12.5. The van der Waals surface area contributed by atoms with Gasteiger partial charge >= 0.3 is 0 Å². The van der Waals surface area contributed by atoms with Crippen LogP contribution in [-0.4, -0.2) is 23.0 Å². The van der Waals surface area contributed by atoms with Crippen LogP contribution < -0.4 is 10.1 Å². The molecule has 0 aliphatic heterocycles. The SMILES string of the molecule is COc1cc(C)c(CNC(=O)c2ccc3nc(C)c(C)nc3c2)cc1C. The van der Waals surface area contributed by atoms with Gasteiger partial charge in [0.1, 0.15) is 5.75 Å². The molecule has 0 radical (unpaired) electrons. The Morgan fingerprint density at radius 3 is 2.35 bits per heavy atom. The second-order valence-corrected chi connectivity index (χ2v) is 6.53. The van der Waals surface area contributed by atoms with Gasteiger partial charge in [0.2, 0.25) is 0 Å². The molecule has 0 saturated heterocycles. The first-order valence-electron chi connectivity index (χ1n) is 8.56. The number of nitrogens with zero attached hydrogens (tertiary/aromatic N) is 2. The summed E-state index contributed by atoms with van der Waals surface area (Å²) in [6, 6.07) is 9.45. The molecule has 0 atom stereocenters. The highest BCUT2D eigenvalue weighted by Gasteiger charge is 2.10. The molecule has 5 nitrogen and oxygen atoms in total. The predicted molar refractivity (Wildman–Crippen MR) is 103 cm³/mol. The molecular formula is C21H23N3O2. The normalized spacial score (nSPS) is 10.8. The lowest BCUT2D eigenvalue weighted by atomic mass is 10.0. The number of methoxy groups -OCH3 is 1. The van der Waals surface area contributed by atoms with Crippen molar-refractivity contribution in [2.75, 3.05) is 7.11 Å². The van der Waals surface area contributed by atoms with E-state index in [1.54, 1.807) is 19.2 Å². The molecule has 26 heavy (non-hydrogen) atoms. The highest BCUT2D eigenvalue weighted by molar-refractivity contribution is 5.97. The molecule has 1 heterocycles. The number of nitrogens with one attached hydrogen (secondary N) is 1. The van der Waals surface area contributed by atoms with E-state index in [0.717, 1.165) is 44.9 Å². The quantitative estimate of drug-likeness (QED) is 0.778. The Hall–Kier alpha value is -2.95. The zero-order valence-corrected chi connectivity index (χ0v) is 15.8. The van der Waals surface area contributed by atoms with Gasteiger partial charge < -0.3 is 10.1 Å². The monoisotopic (exact) mass is 349 g/mol. The number of hydrogen-bond acceptors (Lipinski definition) is 4. The molecule has 3 rings (SSSR count). The lowest BCUT2D eigenvalue weighted by Gasteiger charge is -2.12. The fourth-order valence-electron chi connectivity index (χ4n) is 2.91. The van der Waals surface area contributed by atoms with Gasteiger partial charge in [-0.25, -0.2) is 9.97 Å². The number of ether oxygens (including phenoxy) is 1. The summed E-state index contributed by atoms with van der Waals surface area (Å²) in [5.74, 6) is 0.733. The minimum Gasteiger partial charge on any atom is -0.496 e. The second kappa shape index (κ2) is 7.12. The number of aryl methyl sites for hydroxylation is 4. The molecular weight excluding hydrogens is 326 g/mol. The van der Waals surface area contributed by atoms with E-state index in [2.05, 4.69) is 15.3 Å². The first-order chi connectivity index (χ1) is 12.4. The van der Waals surface area contributed by atoms with Crippen LogP contribution in [-0.2, 0) is 6.54 Å². The molecule has 2 aromatic carbocycles. The van der Waals surface area contributed by atoms with Gasteiger partial charge in [0.25, 0.3) is 5.91 Å².